The molecule has 6 nitrogen and oxygen atoms in total. The molecule has 0 aromatic heterocycles. The fourth-order valence-electron chi connectivity index (χ4n) is 2.48. The number of carbonyl (C=O) groups excluding carboxylic acids is 3. The van der Waals surface area contributed by atoms with Crippen molar-refractivity contribution in [1.29, 1.82) is 0 Å². The van der Waals surface area contributed by atoms with Crippen molar-refractivity contribution < 1.29 is 19.1 Å². The molecule has 0 aliphatic carbocycles. The minimum atomic E-state index is -0.254. The molecule has 0 saturated heterocycles. The van der Waals surface area contributed by atoms with Gasteiger partial charge in [0.15, 0.2) is 5.78 Å². The van der Waals surface area contributed by atoms with E-state index in [4.69, 9.17) is 4.74 Å². The third kappa shape index (κ3) is 6.87. The molecule has 2 aromatic rings. The summed E-state index contributed by atoms with van der Waals surface area (Å²) in [5, 5.41) is 5.49. The summed E-state index contributed by atoms with van der Waals surface area (Å²) >= 11 is 0. The Hall–Kier alpha value is -3.15. The third-order valence-electron chi connectivity index (χ3n) is 3.98. The lowest BCUT2D eigenvalue weighted by Gasteiger charge is -2.08. The fraction of sp³-hybridized carbons (Fsp3) is 0.318. The maximum absolute atomic E-state index is 12.3. The van der Waals surface area contributed by atoms with Gasteiger partial charge in [-0.05, 0) is 48.9 Å². The number of ketones is 1. The van der Waals surface area contributed by atoms with Gasteiger partial charge in [-0.1, -0.05) is 19.9 Å². The normalized spacial score (nSPS) is 10.2. The highest BCUT2D eigenvalue weighted by molar-refractivity contribution is 6.00. The van der Waals surface area contributed by atoms with Gasteiger partial charge in [0.25, 0.3) is 0 Å². The van der Waals surface area contributed by atoms with E-state index < -0.39 is 0 Å². The Morgan fingerprint density at radius 3 is 2.11 bits per heavy atom. The highest BCUT2D eigenvalue weighted by Crippen LogP contribution is 2.17. The van der Waals surface area contributed by atoms with Crippen LogP contribution in [0.3, 0.4) is 0 Å². The molecule has 0 bridgehead atoms. The number of rotatable bonds is 10. The van der Waals surface area contributed by atoms with E-state index in [0.29, 0.717) is 30.0 Å². The molecule has 2 amide bonds. The van der Waals surface area contributed by atoms with Crippen molar-refractivity contribution >= 4 is 29.0 Å². The van der Waals surface area contributed by atoms with E-state index in [1.54, 1.807) is 55.5 Å². The van der Waals surface area contributed by atoms with Gasteiger partial charge >= 0.3 is 0 Å². The number of amides is 2. The number of nitrogens with one attached hydrogen (secondary N) is 2. The van der Waals surface area contributed by atoms with Crippen LogP contribution < -0.4 is 15.4 Å². The van der Waals surface area contributed by atoms with Crippen molar-refractivity contribution in [1.82, 2.24) is 0 Å². The van der Waals surface area contributed by atoms with E-state index in [9.17, 15) is 14.4 Å². The Bertz CT molecular complexity index is 816. The maximum Gasteiger partial charge on any atom is 0.224 e. The summed E-state index contributed by atoms with van der Waals surface area (Å²) in [4.78, 5) is 35.9. The summed E-state index contributed by atoms with van der Waals surface area (Å²) in [5.74, 6) is 0.280. The molecule has 0 aliphatic rings. The van der Waals surface area contributed by atoms with E-state index in [0.717, 1.165) is 12.2 Å². The zero-order chi connectivity index (χ0) is 20.4. The molecule has 2 rings (SSSR count). The molecular weight excluding hydrogens is 356 g/mol. The van der Waals surface area contributed by atoms with Crippen LogP contribution in [0, 0.1) is 0 Å². The zero-order valence-corrected chi connectivity index (χ0v) is 16.3. The maximum atomic E-state index is 12.3. The van der Waals surface area contributed by atoms with E-state index >= 15 is 0 Å². The van der Waals surface area contributed by atoms with Gasteiger partial charge in [0.2, 0.25) is 11.8 Å². The van der Waals surface area contributed by atoms with Crippen molar-refractivity contribution in [2.75, 3.05) is 17.2 Å². The van der Waals surface area contributed by atoms with Crippen LogP contribution in [0.5, 0.6) is 5.75 Å². The van der Waals surface area contributed by atoms with Crippen LogP contribution in [-0.4, -0.2) is 24.2 Å². The summed E-state index contributed by atoms with van der Waals surface area (Å²) < 4.78 is 5.49. The summed E-state index contributed by atoms with van der Waals surface area (Å²) in [6.07, 6.45) is 1.50. The SMILES string of the molecule is CCCOc1ccc(C(=O)CCC(=O)Nc2cccc(NC(=O)CC)c2)cc1. The van der Waals surface area contributed by atoms with E-state index in [-0.39, 0.29) is 30.4 Å². The van der Waals surface area contributed by atoms with Crippen molar-refractivity contribution in [3.63, 3.8) is 0 Å². The quantitative estimate of drug-likeness (QED) is 0.596. The second-order valence-corrected chi connectivity index (χ2v) is 6.33. The molecular formula is C22H26N2O4. The zero-order valence-electron chi connectivity index (χ0n) is 16.3. The number of Topliss-reactive ketones (excluding diaryl/α,β-unsaturated/α-hetero) is 1. The predicted molar refractivity (Wildman–Crippen MR) is 110 cm³/mol. The molecule has 28 heavy (non-hydrogen) atoms. The number of anilines is 2. The third-order valence-corrected chi connectivity index (χ3v) is 3.98. The minimum Gasteiger partial charge on any atom is -0.494 e. The second kappa shape index (κ2) is 10.9. The highest BCUT2D eigenvalue weighted by Gasteiger charge is 2.10. The Labute approximate surface area is 165 Å². The molecule has 0 radical (unpaired) electrons. The lowest BCUT2D eigenvalue weighted by atomic mass is 10.1. The molecule has 148 valence electrons. The first-order valence-corrected chi connectivity index (χ1v) is 9.47. The van der Waals surface area contributed by atoms with Gasteiger partial charge in [0.1, 0.15) is 5.75 Å². The first-order chi connectivity index (χ1) is 13.5. The van der Waals surface area contributed by atoms with Gasteiger partial charge in [-0.25, -0.2) is 0 Å². The van der Waals surface area contributed by atoms with Crippen LogP contribution >= 0.6 is 0 Å². The fourth-order valence-corrected chi connectivity index (χ4v) is 2.48. The van der Waals surface area contributed by atoms with Crippen LogP contribution in [0.4, 0.5) is 11.4 Å². The van der Waals surface area contributed by atoms with Gasteiger partial charge in [-0.2, -0.15) is 0 Å². The van der Waals surface area contributed by atoms with Crippen LogP contribution in [-0.2, 0) is 9.59 Å². The molecule has 0 atom stereocenters. The molecule has 0 unspecified atom stereocenters. The summed E-state index contributed by atoms with van der Waals surface area (Å²) in [7, 11) is 0. The van der Waals surface area contributed by atoms with Crippen LogP contribution in [0.2, 0.25) is 0 Å². The van der Waals surface area contributed by atoms with Crippen LogP contribution in [0.15, 0.2) is 48.5 Å². The molecule has 2 aromatic carbocycles. The van der Waals surface area contributed by atoms with Gasteiger partial charge in [-0.15, -0.1) is 0 Å². The summed E-state index contributed by atoms with van der Waals surface area (Å²) in [5.41, 5.74) is 1.75. The van der Waals surface area contributed by atoms with E-state index in [2.05, 4.69) is 10.6 Å². The number of hydrogen-bond donors (Lipinski definition) is 2. The lowest BCUT2D eigenvalue weighted by molar-refractivity contribution is -0.116. The average molecular weight is 382 g/mol. The summed E-state index contributed by atoms with van der Waals surface area (Å²) in [6, 6.07) is 13.9. The topological polar surface area (TPSA) is 84.5 Å². The number of benzene rings is 2. The standard InChI is InChI=1S/C22H26N2O4/c1-3-14-28-19-10-8-16(9-11-19)20(25)12-13-22(27)24-18-7-5-6-17(15-18)23-21(26)4-2/h5-11,15H,3-4,12-14H2,1-2H3,(H,23,26)(H,24,27). The lowest BCUT2D eigenvalue weighted by Crippen LogP contribution is -2.14. The number of hydrogen-bond acceptors (Lipinski definition) is 4. The molecule has 0 aliphatic heterocycles. The highest BCUT2D eigenvalue weighted by atomic mass is 16.5. The molecule has 6 heteroatoms. The number of ether oxygens (including phenoxy) is 1. The predicted octanol–water partition coefficient (Wildman–Crippen LogP) is 4.43. The first kappa shape index (κ1) is 21.2. The number of carbonyl (C=O) groups is 3. The van der Waals surface area contributed by atoms with Crippen molar-refractivity contribution in [2.45, 2.75) is 39.5 Å². The first-order valence-electron chi connectivity index (χ1n) is 9.47. The van der Waals surface area contributed by atoms with Gasteiger partial charge in [0, 0.05) is 36.2 Å². The Balaban J connectivity index is 1.84. The molecule has 0 fully saturated rings. The minimum absolute atomic E-state index is 0.0818. The van der Waals surface area contributed by atoms with Crippen molar-refractivity contribution in [3.05, 3.63) is 54.1 Å². The Kier molecular flexibility index (Phi) is 8.21. The van der Waals surface area contributed by atoms with Crippen molar-refractivity contribution in [3.8, 4) is 5.75 Å². The molecule has 2 N–H and O–H groups in total. The van der Waals surface area contributed by atoms with E-state index in [1.165, 1.54) is 0 Å². The Morgan fingerprint density at radius 1 is 0.857 bits per heavy atom. The van der Waals surface area contributed by atoms with E-state index in [1.807, 2.05) is 6.92 Å². The Morgan fingerprint density at radius 2 is 1.50 bits per heavy atom. The smallest absolute Gasteiger partial charge is 0.224 e. The van der Waals surface area contributed by atoms with Gasteiger partial charge < -0.3 is 15.4 Å². The van der Waals surface area contributed by atoms with Gasteiger partial charge in [0.05, 0.1) is 6.61 Å². The summed E-state index contributed by atoms with van der Waals surface area (Å²) in [6.45, 7) is 4.43. The van der Waals surface area contributed by atoms with Crippen LogP contribution in [0.1, 0.15) is 49.9 Å². The van der Waals surface area contributed by atoms with Crippen LogP contribution in [0.25, 0.3) is 0 Å². The molecule has 0 spiro atoms. The average Bonchev–Trinajstić information content (AvgIpc) is 2.71. The van der Waals surface area contributed by atoms with Crippen molar-refractivity contribution in [2.24, 2.45) is 0 Å². The van der Waals surface area contributed by atoms with Gasteiger partial charge in [-0.3, -0.25) is 14.4 Å². The molecule has 0 saturated carbocycles. The monoisotopic (exact) mass is 382 g/mol. The largest absolute Gasteiger partial charge is 0.494 e. The second-order valence-electron chi connectivity index (χ2n) is 6.33. The molecule has 0 heterocycles.